The van der Waals surface area contributed by atoms with Gasteiger partial charge in [0.1, 0.15) is 0 Å². The summed E-state index contributed by atoms with van der Waals surface area (Å²) in [5.74, 6) is 0. The fraction of sp³-hybridized carbons (Fsp3) is 0.167. The zero-order chi connectivity index (χ0) is 12.0. The fourth-order valence-electron chi connectivity index (χ4n) is 1.18. The van der Waals surface area contributed by atoms with Crippen molar-refractivity contribution in [3.05, 3.63) is 42.0 Å². The highest BCUT2D eigenvalue weighted by Gasteiger charge is 1.98. The van der Waals surface area contributed by atoms with Gasteiger partial charge in [0.25, 0.3) is 0 Å². The van der Waals surface area contributed by atoms with Crippen LogP contribution in [-0.4, -0.2) is 30.4 Å². The summed E-state index contributed by atoms with van der Waals surface area (Å²) in [6.45, 7) is 3.76. The number of hydrazone groups is 1. The Labute approximate surface area is 101 Å². The molecule has 0 aliphatic rings. The van der Waals surface area contributed by atoms with E-state index in [1.807, 2.05) is 24.3 Å². The molecule has 0 spiro atoms. The van der Waals surface area contributed by atoms with Crippen LogP contribution < -0.4 is 5.32 Å². The average Bonchev–Trinajstić information content (AvgIpc) is 2.35. The lowest BCUT2D eigenvalue weighted by Crippen LogP contribution is -2.30. The van der Waals surface area contributed by atoms with Gasteiger partial charge in [0, 0.05) is 19.7 Å². The van der Waals surface area contributed by atoms with E-state index in [0.717, 1.165) is 11.1 Å². The second-order valence-electron chi connectivity index (χ2n) is 3.16. The third kappa shape index (κ3) is 3.17. The first kappa shape index (κ1) is 12.4. The lowest BCUT2D eigenvalue weighted by atomic mass is 10.1. The van der Waals surface area contributed by atoms with Gasteiger partial charge >= 0.3 is 0 Å². The quantitative estimate of drug-likeness (QED) is 0.492. The number of rotatable bonds is 3. The molecule has 0 fully saturated rings. The SMILES string of the molecule is C=Cc1ccccc1/C=N/N(C)C(=S)NC. The molecule has 3 nitrogen and oxygen atoms in total. The minimum absolute atomic E-state index is 0.576. The van der Waals surface area contributed by atoms with Crippen molar-refractivity contribution in [3.8, 4) is 0 Å². The minimum atomic E-state index is 0.576. The minimum Gasteiger partial charge on any atom is -0.364 e. The number of benzene rings is 1. The smallest absolute Gasteiger partial charge is 0.189 e. The molecule has 1 rings (SSSR count). The van der Waals surface area contributed by atoms with Gasteiger partial charge in [-0.25, -0.2) is 5.01 Å². The molecule has 0 amide bonds. The maximum absolute atomic E-state index is 5.04. The van der Waals surface area contributed by atoms with Crippen molar-refractivity contribution in [3.63, 3.8) is 0 Å². The van der Waals surface area contributed by atoms with E-state index in [4.69, 9.17) is 12.2 Å². The van der Waals surface area contributed by atoms with E-state index in [0.29, 0.717) is 5.11 Å². The van der Waals surface area contributed by atoms with Crippen LogP contribution in [0.1, 0.15) is 11.1 Å². The molecule has 0 aromatic heterocycles. The number of nitrogens with zero attached hydrogens (tertiary/aromatic N) is 2. The molecular weight excluding hydrogens is 218 g/mol. The third-order valence-electron chi connectivity index (χ3n) is 2.09. The van der Waals surface area contributed by atoms with E-state index in [2.05, 4.69) is 17.0 Å². The van der Waals surface area contributed by atoms with Crippen LogP contribution in [0.5, 0.6) is 0 Å². The molecule has 0 bridgehead atoms. The van der Waals surface area contributed by atoms with Crippen molar-refractivity contribution >= 4 is 29.6 Å². The Kier molecular flexibility index (Phi) is 4.66. The number of hydrogen-bond donors (Lipinski definition) is 1. The van der Waals surface area contributed by atoms with Crippen LogP contribution in [0.25, 0.3) is 6.08 Å². The predicted octanol–water partition coefficient (Wildman–Crippen LogP) is 2.10. The summed E-state index contributed by atoms with van der Waals surface area (Å²) in [6, 6.07) is 7.91. The van der Waals surface area contributed by atoms with Crippen LogP contribution >= 0.6 is 12.2 Å². The zero-order valence-corrected chi connectivity index (χ0v) is 10.3. The summed E-state index contributed by atoms with van der Waals surface area (Å²) < 4.78 is 0. The van der Waals surface area contributed by atoms with Crippen molar-refractivity contribution in [1.82, 2.24) is 10.3 Å². The normalized spacial score (nSPS) is 10.1. The van der Waals surface area contributed by atoms with Gasteiger partial charge in [-0.05, 0) is 17.8 Å². The highest BCUT2D eigenvalue weighted by atomic mass is 32.1. The van der Waals surface area contributed by atoms with Crippen LogP contribution in [0.3, 0.4) is 0 Å². The zero-order valence-electron chi connectivity index (χ0n) is 9.47. The lowest BCUT2D eigenvalue weighted by Gasteiger charge is -2.12. The summed E-state index contributed by atoms with van der Waals surface area (Å²) in [7, 11) is 3.57. The van der Waals surface area contributed by atoms with Crippen LogP contribution in [-0.2, 0) is 0 Å². The van der Waals surface area contributed by atoms with Crippen molar-refractivity contribution in [2.24, 2.45) is 5.10 Å². The Bertz CT molecular complexity index is 412. The predicted molar refractivity (Wildman–Crippen MR) is 73.5 cm³/mol. The molecular formula is C12H15N3S. The molecule has 0 saturated carbocycles. The molecule has 1 aromatic carbocycles. The molecule has 84 valence electrons. The number of nitrogens with one attached hydrogen (secondary N) is 1. The van der Waals surface area contributed by atoms with Gasteiger partial charge in [0.15, 0.2) is 5.11 Å². The molecule has 1 N–H and O–H groups in total. The van der Waals surface area contributed by atoms with Crippen LogP contribution in [0.4, 0.5) is 0 Å². The Balaban J connectivity index is 2.83. The van der Waals surface area contributed by atoms with E-state index < -0.39 is 0 Å². The summed E-state index contributed by atoms with van der Waals surface area (Å²) in [5, 5.41) is 9.27. The van der Waals surface area contributed by atoms with E-state index in [-0.39, 0.29) is 0 Å². The molecule has 16 heavy (non-hydrogen) atoms. The van der Waals surface area contributed by atoms with E-state index in [1.54, 1.807) is 31.4 Å². The van der Waals surface area contributed by atoms with Gasteiger partial charge in [-0.3, -0.25) is 0 Å². The van der Waals surface area contributed by atoms with Gasteiger partial charge in [-0.1, -0.05) is 36.9 Å². The largest absolute Gasteiger partial charge is 0.364 e. The van der Waals surface area contributed by atoms with Crippen LogP contribution in [0.2, 0.25) is 0 Å². The monoisotopic (exact) mass is 233 g/mol. The molecule has 0 unspecified atom stereocenters. The van der Waals surface area contributed by atoms with Gasteiger partial charge < -0.3 is 5.32 Å². The summed E-state index contributed by atoms with van der Waals surface area (Å²) in [4.78, 5) is 0. The highest BCUT2D eigenvalue weighted by Crippen LogP contribution is 2.07. The Hall–Kier alpha value is -1.68. The van der Waals surface area contributed by atoms with E-state index in [9.17, 15) is 0 Å². The fourth-order valence-corrected chi connectivity index (χ4v) is 1.22. The highest BCUT2D eigenvalue weighted by molar-refractivity contribution is 7.80. The first-order valence-electron chi connectivity index (χ1n) is 4.90. The first-order chi connectivity index (χ1) is 7.69. The summed E-state index contributed by atoms with van der Waals surface area (Å²) in [6.07, 6.45) is 3.57. The van der Waals surface area contributed by atoms with Gasteiger partial charge in [-0.15, -0.1) is 0 Å². The second kappa shape index (κ2) is 6.02. The van der Waals surface area contributed by atoms with Gasteiger partial charge in [0.05, 0.1) is 6.21 Å². The molecule has 0 radical (unpaired) electrons. The van der Waals surface area contributed by atoms with Crippen molar-refractivity contribution in [2.75, 3.05) is 14.1 Å². The molecule has 4 heteroatoms. The second-order valence-corrected chi connectivity index (χ2v) is 3.54. The summed E-state index contributed by atoms with van der Waals surface area (Å²) in [5.41, 5.74) is 2.07. The summed E-state index contributed by atoms with van der Waals surface area (Å²) >= 11 is 5.04. The topological polar surface area (TPSA) is 27.6 Å². The molecule has 0 aliphatic heterocycles. The molecule has 0 aliphatic carbocycles. The van der Waals surface area contributed by atoms with E-state index in [1.165, 1.54) is 0 Å². The maximum atomic E-state index is 5.04. The number of hydrogen-bond acceptors (Lipinski definition) is 2. The van der Waals surface area contributed by atoms with Gasteiger partial charge in [-0.2, -0.15) is 5.10 Å². The molecule has 0 saturated heterocycles. The van der Waals surface area contributed by atoms with Crippen LogP contribution in [0.15, 0.2) is 35.9 Å². The maximum Gasteiger partial charge on any atom is 0.189 e. The number of thiocarbonyl (C=S) groups is 1. The van der Waals surface area contributed by atoms with Gasteiger partial charge in [0.2, 0.25) is 0 Å². The van der Waals surface area contributed by atoms with Crippen molar-refractivity contribution < 1.29 is 0 Å². The van der Waals surface area contributed by atoms with Crippen molar-refractivity contribution in [1.29, 1.82) is 0 Å². The average molecular weight is 233 g/mol. The molecule has 0 atom stereocenters. The third-order valence-corrected chi connectivity index (χ3v) is 2.56. The lowest BCUT2D eigenvalue weighted by molar-refractivity contribution is 0.540. The standard InChI is InChI=1S/C12H15N3S/c1-4-10-7-5-6-8-11(10)9-14-15(3)12(16)13-2/h4-9H,1H2,2-3H3,(H,13,16)/b14-9+. The molecule has 1 aromatic rings. The Morgan fingerprint density at radius 3 is 2.62 bits per heavy atom. The Morgan fingerprint density at radius 2 is 2.06 bits per heavy atom. The van der Waals surface area contributed by atoms with E-state index >= 15 is 0 Å². The van der Waals surface area contributed by atoms with Crippen molar-refractivity contribution in [2.45, 2.75) is 0 Å². The first-order valence-corrected chi connectivity index (χ1v) is 5.30. The Morgan fingerprint density at radius 1 is 1.44 bits per heavy atom. The molecule has 0 heterocycles. The van der Waals surface area contributed by atoms with Crippen LogP contribution in [0, 0.1) is 0 Å².